The third-order valence-corrected chi connectivity index (χ3v) is 11.5. The zero-order chi connectivity index (χ0) is 33.1. The second kappa shape index (κ2) is 13.8. The summed E-state index contributed by atoms with van der Waals surface area (Å²) in [6.45, 7) is 0. The Balaban J connectivity index is 1.42. The van der Waals surface area contributed by atoms with Crippen LogP contribution in [0.3, 0.4) is 0 Å². The molecule has 2 unspecified atom stereocenters. The number of thioether (sulfide) groups is 2. The molecule has 2 aromatic rings. The fourth-order valence-electron chi connectivity index (χ4n) is 4.88. The number of rotatable bonds is 12. The summed E-state index contributed by atoms with van der Waals surface area (Å²) in [6.07, 6.45) is -1.18. The number of carbonyl (C=O) groups excluding carboxylic acids is 2. The number of non-ortho nitro benzene ring substituents is 2. The van der Waals surface area contributed by atoms with E-state index in [9.17, 15) is 58.0 Å². The molecule has 2 N–H and O–H groups in total. The van der Waals surface area contributed by atoms with Crippen LogP contribution in [-0.4, -0.2) is 97.1 Å². The van der Waals surface area contributed by atoms with Crippen LogP contribution in [0.15, 0.2) is 48.5 Å². The van der Waals surface area contributed by atoms with Crippen LogP contribution in [0.4, 0.5) is 11.4 Å². The van der Waals surface area contributed by atoms with E-state index in [2.05, 4.69) is 0 Å². The molecule has 0 aliphatic carbocycles. The van der Waals surface area contributed by atoms with Crippen LogP contribution in [0.1, 0.15) is 34.7 Å². The molecule has 4 rings (SSSR count). The van der Waals surface area contributed by atoms with Crippen LogP contribution < -0.4 is 0 Å². The van der Waals surface area contributed by atoms with Crippen molar-refractivity contribution in [1.82, 2.24) is 9.80 Å². The van der Waals surface area contributed by atoms with Crippen LogP contribution in [0, 0.1) is 20.2 Å². The largest absolute Gasteiger partial charge is 0.480 e. The van der Waals surface area contributed by atoms with Gasteiger partial charge in [0.15, 0.2) is 9.84 Å². The number of carboxylic acids is 2. The molecule has 4 atom stereocenters. The number of carboxylic acid groups (broad SMARTS) is 2. The van der Waals surface area contributed by atoms with E-state index >= 15 is 0 Å². The van der Waals surface area contributed by atoms with Crippen molar-refractivity contribution in [2.24, 2.45) is 0 Å². The Morgan fingerprint density at radius 2 is 1.04 bits per heavy atom. The van der Waals surface area contributed by atoms with Gasteiger partial charge in [-0.1, -0.05) is 0 Å². The molecule has 19 heteroatoms. The summed E-state index contributed by atoms with van der Waals surface area (Å²) in [5, 5.41) is 39.7. The van der Waals surface area contributed by atoms with Gasteiger partial charge in [-0.15, -0.1) is 23.5 Å². The van der Waals surface area contributed by atoms with Crippen molar-refractivity contribution >= 4 is 68.5 Å². The van der Waals surface area contributed by atoms with Gasteiger partial charge >= 0.3 is 11.9 Å². The maximum Gasteiger partial charge on any atom is 0.327 e. The summed E-state index contributed by atoms with van der Waals surface area (Å²) in [4.78, 5) is 72.9. The minimum absolute atomic E-state index is 0.0124. The number of carbonyl (C=O) groups is 4. The molecule has 2 amide bonds. The number of sulfone groups is 1. The maximum atomic E-state index is 13.2. The molecule has 0 radical (unpaired) electrons. The van der Waals surface area contributed by atoms with Gasteiger partial charge in [0.2, 0.25) is 11.8 Å². The fourth-order valence-corrected chi connectivity index (χ4v) is 8.94. The molecule has 2 aliphatic rings. The van der Waals surface area contributed by atoms with Crippen molar-refractivity contribution in [3.63, 3.8) is 0 Å². The van der Waals surface area contributed by atoms with Gasteiger partial charge in [-0.2, -0.15) is 0 Å². The second-order valence-corrected chi connectivity index (χ2v) is 14.6. The Morgan fingerprint density at radius 3 is 1.33 bits per heavy atom. The quantitative estimate of drug-likeness (QED) is 0.242. The average molecular weight is 683 g/mol. The van der Waals surface area contributed by atoms with Crippen molar-refractivity contribution in [1.29, 1.82) is 0 Å². The van der Waals surface area contributed by atoms with Crippen molar-refractivity contribution < 1.29 is 47.7 Å². The number of hydrogen-bond donors (Lipinski definition) is 2. The Morgan fingerprint density at radius 1 is 0.711 bits per heavy atom. The molecular formula is C26H26N4O12S3. The number of nitro benzene ring substituents is 2. The molecule has 16 nitrogen and oxygen atoms in total. The topological polar surface area (TPSA) is 236 Å². The van der Waals surface area contributed by atoms with Crippen LogP contribution >= 0.6 is 23.5 Å². The second-order valence-electron chi connectivity index (χ2n) is 10.0. The lowest BCUT2D eigenvalue weighted by Gasteiger charge is -2.28. The summed E-state index contributed by atoms with van der Waals surface area (Å²) in [7, 11) is -4.05. The van der Waals surface area contributed by atoms with Gasteiger partial charge in [-0.05, 0) is 35.4 Å². The number of nitrogens with zero attached hydrogens (tertiary/aromatic N) is 4. The normalized spacial score (nSPS) is 21.4. The number of amides is 2. The summed E-state index contributed by atoms with van der Waals surface area (Å²) >= 11 is 2.24. The van der Waals surface area contributed by atoms with E-state index in [4.69, 9.17) is 0 Å². The van der Waals surface area contributed by atoms with Gasteiger partial charge in [0, 0.05) is 48.6 Å². The minimum Gasteiger partial charge on any atom is -0.480 e. The summed E-state index contributed by atoms with van der Waals surface area (Å²) in [6, 6.07) is 7.93. The Bertz CT molecular complexity index is 1500. The van der Waals surface area contributed by atoms with E-state index in [-0.39, 0.29) is 22.9 Å². The molecule has 2 saturated heterocycles. The molecule has 45 heavy (non-hydrogen) atoms. The van der Waals surface area contributed by atoms with Crippen LogP contribution in [0.5, 0.6) is 0 Å². The maximum absolute atomic E-state index is 13.2. The molecule has 2 aromatic carbocycles. The zero-order valence-electron chi connectivity index (χ0n) is 23.2. The minimum atomic E-state index is -4.05. The molecule has 2 aliphatic heterocycles. The summed E-state index contributed by atoms with van der Waals surface area (Å²) in [5.41, 5.74) is 0.456. The molecule has 2 heterocycles. The molecule has 0 saturated carbocycles. The average Bonchev–Trinajstić information content (AvgIpc) is 3.65. The first kappa shape index (κ1) is 33.7. The van der Waals surface area contributed by atoms with Crippen molar-refractivity contribution in [3.8, 4) is 0 Å². The fraction of sp³-hybridized carbons (Fsp3) is 0.385. The first-order chi connectivity index (χ1) is 21.2. The highest BCUT2D eigenvalue weighted by Crippen LogP contribution is 2.43. The van der Waals surface area contributed by atoms with E-state index in [1.54, 1.807) is 0 Å². The van der Waals surface area contributed by atoms with Gasteiger partial charge in [0.1, 0.15) is 22.8 Å². The Labute approximate surface area is 264 Å². The van der Waals surface area contributed by atoms with Crippen molar-refractivity contribution in [2.75, 3.05) is 23.0 Å². The van der Waals surface area contributed by atoms with Gasteiger partial charge in [-0.3, -0.25) is 29.8 Å². The summed E-state index contributed by atoms with van der Waals surface area (Å²) in [5.74, 6) is -5.53. The van der Waals surface area contributed by atoms with E-state index in [0.29, 0.717) is 11.1 Å². The Kier molecular flexibility index (Phi) is 10.3. The zero-order valence-corrected chi connectivity index (χ0v) is 25.6. The first-order valence-electron chi connectivity index (χ1n) is 13.2. The highest BCUT2D eigenvalue weighted by atomic mass is 32.2. The number of nitro groups is 2. The molecule has 0 bridgehead atoms. The lowest BCUT2D eigenvalue weighted by atomic mass is 10.1. The molecule has 0 aromatic heterocycles. The monoisotopic (exact) mass is 682 g/mol. The third kappa shape index (κ3) is 7.71. The highest BCUT2D eigenvalue weighted by Gasteiger charge is 2.44. The van der Waals surface area contributed by atoms with Crippen molar-refractivity contribution in [2.45, 2.75) is 35.7 Å². The molecule has 2 fully saturated rings. The predicted octanol–water partition coefficient (Wildman–Crippen LogP) is 2.45. The van der Waals surface area contributed by atoms with Gasteiger partial charge in [-0.25, -0.2) is 18.0 Å². The van der Waals surface area contributed by atoms with Crippen LogP contribution in [0.25, 0.3) is 0 Å². The molecule has 0 spiro atoms. The molecule has 240 valence electrons. The van der Waals surface area contributed by atoms with Crippen LogP contribution in [-0.2, 0) is 29.0 Å². The summed E-state index contributed by atoms with van der Waals surface area (Å²) < 4.78 is 25.8. The number of hydrogen-bond acceptors (Lipinski definition) is 12. The predicted molar refractivity (Wildman–Crippen MR) is 161 cm³/mol. The highest BCUT2D eigenvalue weighted by molar-refractivity contribution is 8.00. The van der Waals surface area contributed by atoms with Gasteiger partial charge < -0.3 is 20.0 Å². The SMILES string of the molecule is O=C(O)[C@@H]1CSC(c2ccc([N+](=O)[O-])cc2)N1C(=O)CCS(=O)(=O)CCC(=O)N1C(c2ccc([N+](=O)[O-])cc2)SC[C@H]1C(=O)O. The molecular weight excluding hydrogens is 657 g/mol. The Hall–Kier alpha value is -4.23. The number of aliphatic carboxylic acids is 2. The standard InChI is InChI=1S/C26H26N4O12S3/c31-21(27-19(25(33)34)13-43-23(27)15-1-5-17(6-2-15)29(37)38)9-11-45(41,42)12-10-22(32)28-20(26(35)36)14-44-24(28)16-3-7-18(8-4-16)30(39)40/h1-8,19-20,23-24H,9-14H2,(H,33,34)(H,35,36)/t19-,20-,23?,24?/m0/s1. The first-order valence-corrected chi connectivity index (χ1v) is 17.1. The van der Waals surface area contributed by atoms with Crippen LogP contribution in [0.2, 0.25) is 0 Å². The van der Waals surface area contributed by atoms with E-state index in [1.165, 1.54) is 48.5 Å². The number of benzene rings is 2. The van der Waals surface area contributed by atoms with Gasteiger partial charge in [0.05, 0.1) is 21.4 Å². The van der Waals surface area contributed by atoms with Gasteiger partial charge in [0.25, 0.3) is 11.4 Å². The lowest BCUT2D eigenvalue weighted by molar-refractivity contribution is -0.385. The smallest absolute Gasteiger partial charge is 0.327 e. The van der Waals surface area contributed by atoms with E-state index in [0.717, 1.165) is 33.3 Å². The lowest BCUT2D eigenvalue weighted by Crippen LogP contribution is -2.44. The third-order valence-electron chi connectivity index (χ3n) is 7.18. The van der Waals surface area contributed by atoms with E-state index < -0.39 is 90.6 Å². The van der Waals surface area contributed by atoms with E-state index in [1.807, 2.05) is 0 Å². The van der Waals surface area contributed by atoms with Crippen molar-refractivity contribution in [3.05, 3.63) is 79.9 Å².